The average Bonchev–Trinajstić information content (AvgIpc) is 3.26. The largest absolute Gasteiger partial charge is 0.326 e. The van der Waals surface area contributed by atoms with Gasteiger partial charge in [-0.15, -0.1) is 0 Å². The Hall–Kier alpha value is -5.03. The van der Waals surface area contributed by atoms with Crippen LogP contribution in [-0.4, -0.2) is 26.6 Å². The Balaban J connectivity index is 1.61. The van der Waals surface area contributed by atoms with Gasteiger partial charge < -0.3 is 10.6 Å². The number of nitriles is 1. The topological polar surface area (TPSA) is 113 Å². The fourth-order valence-corrected chi connectivity index (χ4v) is 3.46. The molecule has 0 bridgehead atoms. The third-order valence-corrected chi connectivity index (χ3v) is 5.04. The van der Waals surface area contributed by atoms with Gasteiger partial charge in [-0.1, -0.05) is 30.3 Å². The highest BCUT2D eigenvalue weighted by atomic mass is 16.2. The minimum absolute atomic E-state index is 0.0691. The van der Waals surface area contributed by atoms with Gasteiger partial charge in [0.15, 0.2) is 0 Å². The molecule has 35 heavy (non-hydrogen) atoms. The van der Waals surface area contributed by atoms with Gasteiger partial charge >= 0.3 is 0 Å². The summed E-state index contributed by atoms with van der Waals surface area (Å²) in [5, 5.41) is 19.8. The number of hydrogen-bond donors (Lipinski definition) is 2. The summed E-state index contributed by atoms with van der Waals surface area (Å²) in [6, 6.07) is 22.2. The molecule has 2 heterocycles. The molecule has 0 unspecified atom stereocenters. The number of carbonyl (C=O) groups is 2. The van der Waals surface area contributed by atoms with Gasteiger partial charge in [0.25, 0.3) is 5.91 Å². The van der Waals surface area contributed by atoms with Crippen LogP contribution in [0.25, 0.3) is 17.3 Å². The van der Waals surface area contributed by atoms with Crippen LogP contribution >= 0.6 is 0 Å². The normalized spacial score (nSPS) is 10.9. The SMILES string of the molecule is CC(=O)Nc1ccc(NC(=O)/C(C#N)=C/c2cn(Cc3ccccc3)nc2-c2cccnc2)cc1. The van der Waals surface area contributed by atoms with E-state index in [-0.39, 0.29) is 11.5 Å². The summed E-state index contributed by atoms with van der Waals surface area (Å²) >= 11 is 0. The molecular weight excluding hydrogens is 440 g/mol. The first-order valence-electron chi connectivity index (χ1n) is 10.8. The molecule has 0 atom stereocenters. The second-order valence-corrected chi connectivity index (χ2v) is 7.74. The molecular formula is C27H22N6O2. The van der Waals surface area contributed by atoms with Crippen LogP contribution in [0.4, 0.5) is 11.4 Å². The van der Waals surface area contributed by atoms with Crippen molar-refractivity contribution < 1.29 is 9.59 Å². The number of aromatic nitrogens is 3. The standard InChI is InChI=1S/C27H22N6O2/c1-19(34)30-24-9-11-25(12-10-24)31-27(35)22(15-28)14-23-18-33(17-20-6-3-2-4-7-20)32-26(23)21-8-5-13-29-16-21/h2-14,16,18H,17H2,1H3,(H,30,34)(H,31,35)/b22-14+. The molecule has 0 spiro atoms. The zero-order valence-electron chi connectivity index (χ0n) is 19.0. The molecule has 0 aliphatic heterocycles. The average molecular weight is 463 g/mol. The Labute approximate surface area is 202 Å². The van der Waals surface area contributed by atoms with Gasteiger partial charge in [0, 0.05) is 48.0 Å². The number of anilines is 2. The highest BCUT2D eigenvalue weighted by Crippen LogP contribution is 2.24. The Bertz CT molecular complexity index is 1400. The maximum atomic E-state index is 12.8. The van der Waals surface area contributed by atoms with E-state index in [0.717, 1.165) is 11.1 Å². The summed E-state index contributed by atoms with van der Waals surface area (Å²) < 4.78 is 1.77. The monoisotopic (exact) mass is 462 g/mol. The smallest absolute Gasteiger partial charge is 0.266 e. The number of amides is 2. The predicted octanol–water partition coefficient (Wildman–Crippen LogP) is 4.50. The van der Waals surface area contributed by atoms with Crippen LogP contribution in [0.5, 0.6) is 0 Å². The van der Waals surface area contributed by atoms with Crippen molar-refractivity contribution in [1.29, 1.82) is 5.26 Å². The predicted molar refractivity (Wildman–Crippen MR) is 134 cm³/mol. The third kappa shape index (κ3) is 6.06. The highest BCUT2D eigenvalue weighted by Gasteiger charge is 2.15. The van der Waals surface area contributed by atoms with E-state index >= 15 is 0 Å². The zero-order chi connectivity index (χ0) is 24.6. The molecule has 2 N–H and O–H groups in total. The lowest BCUT2D eigenvalue weighted by molar-refractivity contribution is -0.114. The minimum Gasteiger partial charge on any atom is -0.326 e. The molecule has 0 fully saturated rings. The fourth-order valence-electron chi connectivity index (χ4n) is 3.46. The molecule has 0 aliphatic carbocycles. The Kier molecular flexibility index (Phi) is 7.09. The van der Waals surface area contributed by atoms with E-state index in [1.54, 1.807) is 41.3 Å². The summed E-state index contributed by atoms with van der Waals surface area (Å²) in [7, 11) is 0. The molecule has 8 nitrogen and oxygen atoms in total. The molecule has 4 aromatic rings. The van der Waals surface area contributed by atoms with E-state index in [1.165, 1.54) is 13.0 Å². The van der Waals surface area contributed by atoms with Gasteiger partial charge in [-0.05, 0) is 48.0 Å². The second-order valence-electron chi connectivity index (χ2n) is 7.74. The summed E-state index contributed by atoms with van der Waals surface area (Å²) in [5.41, 5.74) is 4.13. The minimum atomic E-state index is -0.548. The van der Waals surface area contributed by atoms with Crippen molar-refractivity contribution in [3.63, 3.8) is 0 Å². The van der Waals surface area contributed by atoms with Crippen LogP contribution in [0.15, 0.2) is 90.9 Å². The van der Waals surface area contributed by atoms with Crippen molar-refractivity contribution in [3.8, 4) is 17.3 Å². The molecule has 0 radical (unpaired) electrons. The van der Waals surface area contributed by atoms with Crippen LogP contribution < -0.4 is 10.6 Å². The number of rotatable bonds is 7. The first kappa shape index (κ1) is 23.1. The van der Waals surface area contributed by atoms with Crippen molar-refractivity contribution >= 4 is 29.3 Å². The third-order valence-electron chi connectivity index (χ3n) is 5.04. The number of pyridine rings is 1. The van der Waals surface area contributed by atoms with Crippen molar-refractivity contribution in [2.75, 3.05) is 10.6 Å². The van der Waals surface area contributed by atoms with Crippen LogP contribution in [0.2, 0.25) is 0 Å². The maximum absolute atomic E-state index is 12.8. The van der Waals surface area contributed by atoms with Crippen LogP contribution in [0.1, 0.15) is 18.1 Å². The first-order valence-corrected chi connectivity index (χ1v) is 10.8. The molecule has 172 valence electrons. The van der Waals surface area contributed by atoms with Crippen LogP contribution in [-0.2, 0) is 16.1 Å². The number of hydrogen-bond acceptors (Lipinski definition) is 5. The Morgan fingerprint density at radius 2 is 1.71 bits per heavy atom. The zero-order valence-corrected chi connectivity index (χ0v) is 19.0. The summed E-state index contributed by atoms with van der Waals surface area (Å²) in [4.78, 5) is 28.2. The molecule has 0 saturated heterocycles. The van der Waals surface area contributed by atoms with Crippen LogP contribution in [0.3, 0.4) is 0 Å². The quantitative estimate of drug-likeness (QED) is 0.310. The van der Waals surface area contributed by atoms with E-state index in [9.17, 15) is 14.9 Å². The van der Waals surface area contributed by atoms with Gasteiger partial charge in [-0.2, -0.15) is 10.4 Å². The molecule has 0 aliphatic rings. The summed E-state index contributed by atoms with van der Waals surface area (Å²) in [6.45, 7) is 1.96. The molecule has 2 aromatic heterocycles. The van der Waals surface area contributed by atoms with Crippen molar-refractivity contribution in [3.05, 3.63) is 102 Å². The van der Waals surface area contributed by atoms with E-state index in [1.807, 2.05) is 54.7 Å². The number of carbonyl (C=O) groups excluding carboxylic acids is 2. The van der Waals surface area contributed by atoms with Crippen LogP contribution in [0, 0.1) is 11.3 Å². The van der Waals surface area contributed by atoms with E-state index in [4.69, 9.17) is 5.10 Å². The molecule has 2 aromatic carbocycles. The second kappa shape index (κ2) is 10.7. The van der Waals surface area contributed by atoms with Gasteiger partial charge in [-0.25, -0.2) is 0 Å². The maximum Gasteiger partial charge on any atom is 0.266 e. The number of nitrogens with one attached hydrogen (secondary N) is 2. The van der Waals surface area contributed by atoms with Gasteiger partial charge in [0.2, 0.25) is 5.91 Å². The lowest BCUT2D eigenvalue weighted by Crippen LogP contribution is -2.13. The lowest BCUT2D eigenvalue weighted by atomic mass is 10.1. The molecule has 0 saturated carbocycles. The molecule has 4 rings (SSSR count). The van der Waals surface area contributed by atoms with E-state index < -0.39 is 5.91 Å². The number of benzene rings is 2. The molecule has 8 heteroatoms. The van der Waals surface area contributed by atoms with Gasteiger partial charge in [0.05, 0.1) is 6.54 Å². The first-order chi connectivity index (χ1) is 17.0. The lowest BCUT2D eigenvalue weighted by Gasteiger charge is -2.06. The van der Waals surface area contributed by atoms with Crippen molar-refractivity contribution in [2.24, 2.45) is 0 Å². The fraction of sp³-hybridized carbons (Fsp3) is 0.0741. The van der Waals surface area contributed by atoms with Crippen molar-refractivity contribution in [2.45, 2.75) is 13.5 Å². The van der Waals surface area contributed by atoms with Gasteiger partial charge in [0.1, 0.15) is 17.3 Å². The van der Waals surface area contributed by atoms with Gasteiger partial charge in [-0.3, -0.25) is 19.3 Å². The van der Waals surface area contributed by atoms with E-state index in [2.05, 4.69) is 15.6 Å². The summed E-state index contributed by atoms with van der Waals surface area (Å²) in [6.07, 6.45) is 6.70. The summed E-state index contributed by atoms with van der Waals surface area (Å²) in [5.74, 6) is -0.735. The highest BCUT2D eigenvalue weighted by molar-refractivity contribution is 6.10. The Morgan fingerprint density at radius 1 is 1.00 bits per heavy atom. The molecule has 2 amide bonds. The van der Waals surface area contributed by atoms with Crippen molar-refractivity contribution in [1.82, 2.24) is 14.8 Å². The number of nitrogens with zero attached hydrogens (tertiary/aromatic N) is 4. The Morgan fingerprint density at radius 3 is 2.34 bits per heavy atom. The van der Waals surface area contributed by atoms with E-state index in [0.29, 0.717) is 29.2 Å².